The maximum Gasteiger partial charge on any atom is 0.229 e. The van der Waals surface area contributed by atoms with E-state index in [1.807, 2.05) is 0 Å². The first-order valence-electron chi connectivity index (χ1n) is 7.76. The van der Waals surface area contributed by atoms with Crippen LogP contribution in [0.3, 0.4) is 0 Å². The number of amides is 1. The number of nitrogens with one attached hydrogen (secondary N) is 1. The summed E-state index contributed by atoms with van der Waals surface area (Å²) in [5.41, 5.74) is 2.07. The number of benzene rings is 1. The van der Waals surface area contributed by atoms with E-state index in [1.165, 1.54) is 12.1 Å². The number of hydrogen-bond donors (Lipinski definition) is 1. The summed E-state index contributed by atoms with van der Waals surface area (Å²) >= 11 is 0. The first kappa shape index (κ1) is 13.5. The van der Waals surface area contributed by atoms with Gasteiger partial charge in [0.1, 0.15) is 11.6 Å². The van der Waals surface area contributed by atoms with Crippen LogP contribution < -0.4 is 5.32 Å². The molecule has 4 rings (SSSR count). The standard InChI is InChI=1S/C17H17FN2O2/c18-11-7-5-10(6-8-11)13-9-14(13)17(21)19-16-12-3-1-2-4-15(12)22-20-16/h5-8,13-14H,1-4,9H2,(H,19,20,21). The van der Waals surface area contributed by atoms with Crippen LogP contribution in [-0.4, -0.2) is 11.1 Å². The van der Waals surface area contributed by atoms with Gasteiger partial charge in [-0.3, -0.25) is 4.79 Å². The van der Waals surface area contributed by atoms with E-state index in [4.69, 9.17) is 4.52 Å². The third kappa shape index (κ3) is 2.40. The number of nitrogens with zero attached hydrogens (tertiary/aromatic N) is 1. The fraction of sp³-hybridized carbons (Fsp3) is 0.412. The van der Waals surface area contributed by atoms with Crippen LogP contribution in [0, 0.1) is 11.7 Å². The van der Waals surface area contributed by atoms with Crippen molar-refractivity contribution in [3.05, 3.63) is 47.0 Å². The molecule has 1 N–H and O–H groups in total. The van der Waals surface area contributed by atoms with Gasteiger partial charge in [0.25, 0.3) is 0 Å². The van der Waals surface area contributed by atoms with E-state index in [0.717, 1.165) is 49.0 Å². The van der Waals surface area contributed by atoms with Crippen LogP contribution in [0.2, 0.25) is 0 Å². The average Bonchev–Trinajstić information content (AvgIpc) is 3.24. The molecule has 1 heterocycles. The second-order valence-electron chi connectivity index (χ2n) is 6.13. The molecule has 0 aliphatic heterocycles. The highest BCUT2D eigenvalue weighted by molar-refractivity contribution is 5.95. The SMILES string of the molecule is O=C(Nc1noc2c1CCCC2)C1CC1c1ccc(F)cc1. The summed E-state index contributed by atoms with van der Waals surface area (Å²) in [7, 11) is 0. The molecule has 2 aliphatic carbocycles. The molecule has 1 fully saturated rings. The Bertz CT molecular complexity index is 708. The Balaban J connectivity index is 1.43. The molecule has 0 saturated heterocycles. The zero-order valence-corrected chi connectivity index (χ0v) is 12.1. The van der Waals surface area contributed by atoms with Gasteiger partial charge < -0.3 is 9.84 Å². The van der Waals surface area contributed by atoms with Crippen LogP contribution in [0.5, 0.6) is 0 Å². The van der Waals surface area contributed by atoms with Crippen molar-refractivity contribution in [2.45, 2.75) is 38.0 Å². The molecule has 2 aliphatic rings. The lowest BCUT2D eigenvalue weighted by Crippen LogP contribution is -2.16. The quantitative estimate of drug-likeness (QED) is 0.944. The zero-order valence-electron chi connectivity index (χ0n) is 12.1. The topological polar surface area (TPSA) is 55.1 Å². The minimum Gasteiger partial charge on any atom is -0.359 e. The van der Waals surface area contributed by atoms with Crippen molar-refractivity contribution in [2.24, 2.45) is 5.92 Å². The maximum atomic E-state index is 12.9. The van der Waals surface area contributed by atoms with Crippen LogP contribution >= 0.6 is 0 Å². The molecule has 2 atom stereocenters. The molecule has 0 bridgehead atoms. The molecule has 1 saturated carbocycles. The smallest absolute Gasteiger partial charge is 0.229 e. The summed E-state index contributed by atoms with van der Waals surface area (Å²) in [5, 5.41) is 6.91. The molecule has 4 nitrogen and oxygen atoms in total. The molecular weight excluding hydrogens is 283 g/mol. The molecule has 5 heteroatoms. The summed E-state index contributed by atoms with van der Waals surface area (Å²) in [6.45, 7) is 0. The zero-order chi connectivity index (χ0) is 15.1. The van der Waals surface area contributed by atoms with Gasteiger partial charge in [0.05, 0.1) is 0 Å². The van der Waals surface area contributed by atoms with Crippen molar-refractivity contribution in [1.29, 1.82) is 0 Å². The highest BCUT2D eigenvalue weighted by Crippen LogP contribution is 2.48. The third-order valence-corrected chi connectivity index (χ3v) is 4.62. The Labute approximate surface area is 127 Å². The van der Waals surface area contributed by atoms with Crippen LogP contribution in [0.15, 0.2) is 28.8 Å². The van der Waals surface area contributed by atoms with Crippen LogP contribution in [-0.2, 0) is 17.6 Å². The minimum atomic E-state index is -0.250. The fourth-order valence-electron chi connectivity index (χ4n) is 3.26. The van der Waals surface area contributed by atoms with Gasteiger partial charge in [-0.2, -0.15) is 0 Å². The molecular formula is C17H17FN2O2. The van der Waals surface area contributed by atoms with Gasteiger partial charge >= 0.3 is 0 Å². The number of halogens is 1. The van der Waals surface area contributed by atoms with Crippen LogP contribution in [0.1, 0.15) is 42.1 Å². The number of fused-ring (bicyclic) bond motifs is 1. The van der Waals surface area contributed by atoms with E-state index >= 15 is 0 Å². The normalized spacial score (nSPS) is 23.0. The van der Waals surface area contributed by atoms with Gasteiger partial charge in [-0.15, -0.1) is 0 Å². The van der Waals surface area contributed by atoms with Crippen LogP contribution in [0.4, 0.5) is 10.2 Å². The number of aryl methyl sites for hydroxylation is 1. The van der Waals surface area contributed by atoms with Crippen molar-refractivity contribution in [2.75, 3.05) is 5.32 Å². The van der Waals surface area contributed by atoms with Gasteiger partial charge in [-0.1, -0.05) is 17.3 Å². The lowest BCUT2D eigenvalue weighted by atomic mass is 9.98. The van der Waals surface area contributed by atoms with Gasteiger partial charge in [-0.25, -0.2) is 4.39 Å². The van der Waals surface area contributed by atoms with Crippen molar-refractivity contribution in [3.8, 4) is 0 Å². The average molecular weight is 300 g/mol. The summed E-state index contributed by atoms with van der Waals surface area (Å²) in [4.78, 5) is 12.3. The van der Waals surface area contributed by atoms with Crippen molar-refractivity contribution < 1.29 is 13.7 Å². The molecule has 22 heavy (non-hydrogen) atoms. The van der Waals surface area contributed by atoms with E-state index in [1.54, 1.807) is 12.1 Å². The van der Waals surface area contributed by atoms with Gasteiger partial charge in [-0.05, 0) is 49.3 Å². The lowest BCUT2D eigenvalue weighted by Gasteiger charge is -2.09. The molecule has 114 valence electrons. The fourth-order valence-corrected chi connectivity index (χ4v) is 3.26. The van der Waals surface area contributed by atoms with E-state index in [2.05, 4.69) is 10.5 Å². The van der Waals surface area contributed by atoms with Gasteiger partial charge in [0.2, 0.25) is 5.91 Å². The molecule has 2 aromatic rings. The van der Waals surface area contributed by atoms with Crippen LogP contribution in [0.25, 0.3) is 0 Å². The Morgan fingerprint density at radius 3 is 2.82 bits per heavy atom. The Kier molecular flexibility index (Phi) is 3.21. The third-order valence-electron chi connectivity index (χ3n) is 4.62. The first-order valence-corrected chi connectivity index (χ1v) is 7.76. The van der Waals surface area contributed by atoms with Crippen molar-refractivity contribution >= 4 is 11.7 Å². The molecule has 1 amide bonds. The monoisotopic (exact) mass is 300 g/mol. The number of anilines is 1. The maximum absolute atomic E-state index is 12.9. The Morgan fingerprint density at radius 2 is 2.00 bits per heavy atom. The van der Waals surface area contributed by atoms with E-state index in [0.29, 0.717) is 5.82 Å². The molecule has 1 aromatic heterocycles. The Morgan fingerprint density at radius 1 is 1.23 bits per heavy atom. The number of hydrogen-bond acceptors (Lipinski definition) is 3. The van der Waals surface area contributed by atoms with E-state index < -0.39 is 0 Å². The molecule has 0 spiro atoms. The van der Waals surface area contributed by atoms with E-state index in [9.17, 15) is 9.18 Å². The number of carbonyl (C=O) groups is 1. The summed E-state index contributed by atoms with van der Waals surface area (Å²) in [5.74, 6) is 1.36. The van der Waals surface area contributed by atoms with E-state index in [-0.39, 0.29) is 23.6 Å². The minimum absolute atomic E-state index is 0.0176. The molecule has 1 aromatic carbocycles. The second kappa shape index (κ2) is 5.23. The first-order chi connectivity index (χ1) is 10.7. The number of rotatable bonds is 3. The van der Waals surface area contributed by atoms with Gasteiger partial charge in [0, 0.05) is 17.9 Å². The second-order valence-corrected chi connectivity index (χ2v) is 6.13. The number of aromatic nitrogens is 1. The largest absolute Gasteiger partial charge is 0.359 e. The summed E-state index contributed by atoms with van der Waals surface area (Å²) in [6, 6.07) is 6.39. The number of carbonyl (C=O) groups excluding carboxylic acids is 1. The molecule has 2 unspecified atom stereocenters. The van der Waals surface area contributed by atoms with Gasteiger partial charge in [0.15, 0.2) is 5.82 Å². The Hall–Kier alpha value is -2.17. The predicted molar refractivity (Wildman–Crippen MR) is 79.0 cm³/mol. The highest BCUT2D eigenvalue weighted by Gasteiger charge is 2.44. The summed E-state index contributed by atoms with van der Waals surface area (Å²) < 4.78 is 18.2. The highest BCUT2D eigenvalue weighted by atomic mass is 19.1. The predicted octanol–water partition coefficient (Wildman–Crippen LogP) is 3.43. The lowest BCUT2D eigenvalue weighted by molar-refractivity contribution is -0.117. The van der Waals surface area contributed by atoms with Crippen molar-refractivity contribution in [3.63, 3.8) is 0 Å². The molecule has 0 radical (unpaired) electrons. The summed E-state index contributed by atoms with van der Waals surface area (Å²) in [6.07, 6.45) is 4.85. The van der Waals surface area contributed by atoms with Crippen molar-refractivity contribution in [1.82, 2.24) is 5.16 Å².